The Bertz CT molecular complexity index is 407. The van der Waals surface area contributed by atoms with Crippen molar-refractivity contribution in [2.45, 2.75) is 12.6 Å². The Morgan fingerprint density at radius 1 is 1.29 bits per heavy atom. The van der Waals surface area contributed by atoms with Crippen LogP contribution in [0.25, 0.3) is 0 Å². The molecule has 0 aliphatic rings. The zero-order valence-electron chi connectivity index (χ0n) is 10.2. The second kappa shape index (κ2) is 6.31. The first-order chi connectivity index (χ1) is 8.27. The van der Waals surface area contributed by atoms with E-state index < -0.39 is 0 Å². The minimum absolute atomic E-state index is 0.466. The highest BCUT2D eigenvalue weighted by molar-refractivity contribution is 7.10. The zero-order valence-corrected chi connectivity index (χ0v) is 11.9. The van der Waals surface area contributed by atoms with Crippen LogP contribution in [0.15, 0.2) is 34.3 Å². The first-order valence-corrected chi connectivity index (χ1v) is 7.51. The largest absolute Gasteiger partial charge is 0.311 e. The summed E-state index contributed by atoms with van der Waals surface area (Å²) in [4.78, 5) is 3.69. The van der Waals surface area contributed by atoms with E-state index in [0.717, 1.165) is 13.1 Å². The van der Waals surface area contributed by atoms with Gasteiger partial charge in [0.2, 0.25) is 0 Å². The summed E-state index contributed by atoms with van der Waals surface area (Å²) in [5.74, 6) is 0. The van der Waals surface area contributed by atoms with E-state index in [0.29, 0.717) is 6.04 Å². The van der Waals surface area contributed by atoms with Crippen LogP contribution in [0, 0.1) is 0 Å². The van der Waals surface area contributed by atoms with Gasteiger partial charge >= 0.3 is 0 Å². The molecule has 0 saturated heterocycles. The Morgan fingerprint density at radius 2 is 2.18 bits per heavy atom. The summed E-state index contributed by atoms with van der Waals surface area (Å²) in [6, 6.07) is 6.97. The lowest BCUT2D eigenvalue weighted by molar-refractivity contribution is 0.292. The molecular formula is C13H18N2S2. The van der Waals surface area contributed by atoms with Crippen molar-refractivity contribution in [2.75, 3.05) is 20.6 Å². The molecule has 0 fully saturated rings. The molecule has 2 rings (SSSR count). The SMILES string of the molecule is CN(C)C(CNCc1ccsc1)c1cccs1. The van der Waals surface area contributed by atoms with Crippen LogP contribution in [0.2, 0.25) is 0 Å². The maximum absolute atomic E-state index is 3.53. The Hall–Kier alpha value is -0.680. The van der Waals surface area contributed by atoms with E-state index in [4.69, 9.17) is 0 Å². The molecule has 1 atom stereocenters. The third-order valence-electron chi connectivity index (χ3n) is 2.74. The van der Waals surface area contributed by atoms with Gasteiger partial charge in [0, 0.05) is 18.0 Å². The minimum atomic E-state index is 0.466. The van der Waals surface area contributed by atoms with Gasteiger partial charge in [-0.1, -0.05) is 6.07 Å². The Morgan fingerprint density at radius 3 is 2.76 bits per heavy atom. The molecular weight excluding hydrogens is 248 g/mol. The van der Waals surface area contributed by atoms with Crippen molar-refractivity contribution < 1.29 is 0 Å². The number of nitrogens with one attached hydrogen (secondary N) is 1. The predicted octanol–water partition coefficient (Wildman–Crippen LogP) is 3.20. The van der Waals surface area contributed by atoms with Gasteiger partial charge in [0.25, 0.3) is 0 Å². The normalized spacial score (nSPS) is 13.1. The summed E-state index contributed by atoms with van der Waals surface area (Å²) in [5.41, 5.74) is 1.37. The van der Waals surface area contributed by atoms with E-state index in [1.54, 1.807) is 11.3 Å². The lowest BCUT2D eigenvalue weighted by Gasteiger charge is -2.23. The molecule has 2 nitrogen and oxygen atoms in total. The highest BCUT2D eigenvalue weighted by Gasteiger charge is 2.14. The van der Waals surface area contributed by atoms with Crippen LogP contribution in [0.3, 0.4) is 0 Å². The van der Waals surface area contributed by atoms with Gasteiger partial charge in [0.1, 0.15) is 0 Å². The van der Waals surface area contributed by atoms with E-state index in [1.807, 2.05) is 11.3 Å². The molecule has 2 aromatic heterocycles. The highest BCUT2D eigenvalue weighted by Crippen LogP contribution is 2.22. The first-order valence-electron chi connectivity index (χ1n) is 5.69. The number of hydrogen-bond acceptors (Lipinski definition) is 4. The monoisotopic (exact) mass is 266 g/mol. The van der Waals surface area contributed by atoms with Crippen LogP contribution in [0.4, 0.5) is 0 Å². The molecule has 4 heteroatoms. The molecule has 2 heterocycles. The molecule has 0 saturated carbocycles. The third-order valence-corrected chi connectivity index (χ3v) is 4.45. The number of thiophene rings is 2. The molecule has 92 valence electrons. The minimum Gasteiger partial charge on any atom is -0.311 e. The number of likely N-dealkylation sites (N-methyl/N-ethyl adjacent to an activating group) is 1. The molecule has 0 aromatic carbocycles. The van der Waals surface area contributed by atoms with E-state index >= 15 is 0 Å². The zero-order chi connectivity index (χ0) is 12.1. The smallest absolute Gasteiger partial charge is 0.0561 e. The lowest BCUT2D eigenvalue weighted by atomic mass is 10.2. The summed E-state index contributed by atoms with van der Waals surface area (Å²) in [5, 5.41) is 9.99. The molecule has 0 amide bonds. The van der Waals surface area contributed by atoms with Crippen molar-refractivity contribution in [3.8, 4) is 0 Å². The van der Waals surface area contributed by atoms with Gasteiger partial charge in [0.15, 0.2) is 0 Å². The summed E-state index contributed by atoms with van der Waals surface area (Å²) in [7, 11) is 4.27. The standard InChI is InChI=1S/C13H18N2S2/c1-15(2)12(13-4-3-6-17-13)9-14-8-11-5-7-16-10-11/h3-7,10,12,14H,8-9H2,1-2H3. The fourth-order valence-electron chi connectivity index (χ4n) is 1.76. The van der Waals surface area contributed by atoms with Crippen LogP contribution >= 0.6 is 22.7 Å². The predicted molar refractivity (Wildman–Crippen MR) is 76.8 cm³/mol. The van der Waals surface area contributed by atoms with Crippen molar-refractivity contribution in [3.05, 3.63) is 44.8 Å². The van der Waals surface area contributed by atoms with Crippen LogP contribution in [0.1, 0.15) is 16.5 Å². The maximum Gasteiger partial charge on any atom is 0.0561 e. The van der Waals surface area contributed by atoms with Gasteiger partial charge in [-0.15, -0.1) is 11.3 Å². The molecule has 0 radical (unpaired) electrons. The number of hydrogen-bond donors (Lipinski definition) is 1. The van der Waals surface area contributed by atoms with Crippen molar-refractivity contribution in [3.63, 3.8) is 0 Å². The summed E-state index contributed by atoms with van der Waals surface area (Å²) in [6.45, 7) is 1.95. The van der Waals surface area contributed by atoms with Gasteiger partial charge in [-0.25, -0.2) is 0 Å². The van der Waals surface area contributed by atoms with Crippen molar-refractivity contribution in [1.82, 2.24) is 10.2 Å². The van der Waals surface area contributed by atoms with Gasteiger partial charge in [-0.2, -0.15) is 11.3 Å². The first kappa shape index (κ1) is 12.8. The molecule has 0 bridgehead atoms. The van der Waals surface area contributed by atoms with Gasteiger partial charge in [-0.3, -0.25) is 0 Å². The van der Waals surface area contributed by atoms with Crippen LogP contribution < -0.4 is 5.32 Å². The van der Waals surface area contributed by atoms with Crippen LogP contribution in [-0.2, 0) is 6.54 Å². The van der Waals surface area contributed by atoms with E-state index in [2.05, 4.69) is 58.7 Å². The summed E-state index contributed by atoms with van der Waals surface area (Å²) < 4.78 is 0. The Balaban J connectivity index is 1.86. The van der Waals surface area contributed by atoms with E-state index in [1.165, 1.54) is 10.4 Å². The van der Waals surface area contributed by atoms with Crippen molar-refractivity contribution in [1.29, 1.82) is 0 Å². The van der Waals surface area contributed by atoms with Crippen molar-refractivity contribution >= 4 is 22.7 Å². The maximum atomic E-state index is 3.53. The fraction of sp³-hybridized carbons (Fsp3) is 0.385. The average Bonchev–Trinajstić information content (AvgIpc) is 2.96. The molecule has 2 aromatic rings. The van der Waals surface area contributed by atoms with Crippen molar-refractivity contribution in [2.24, 2.45) is 0 Å². The Labute approximate surface area is 111 Å². The molecule has 17 heavy (non-hydrogen) atoms. The van der Waals surface area contributed by atoms with Crippen LogP contribution in [0.5, 0.6) is 0 Å². The molecule has 0 aliphatic heterocycles. The number of nitrogens with zero attached hydrogens (tertiary/aromatic N) is 1. The molecule has 0 aliphatic carbocycles. The second-order valence-electron chi connectivity index (χ2n) is 4.26. The second-order valence-corrected chi connectivity index (χ2v) is 6.02. The number of rotatable bonds is 6. The molecule has 0 spiro atoms. The topological polar surface area (TPSA) is 15.3 Å². The summed E-state index contributed by atoms with van der Waals surface area (Å²) in [6.07, 6.45) is 0. The average molecular weight is 266 g/mol. The fourth-order valence-corrected chi connectivity index (χ4v) is 3.36. The quantitative estimate of drug-likeness (QED) is 0.864. The van der Waals surface area contributed by atoms with Crippen LogP contribution in [-0.4, -0.2) is 25.5 Å². The van der Waals surface area contributed by atoms with Gasteiger partial charge in [-0.05, 0) is 47.9 Å². The summed E-state index contributed by atoms with van der Waals surface area (Å²) >= 11 is 3.58. The lowest BCUT2D eigenvalue weighted by Crippen LogP contribution is -2.30. The van der Waals surface area contributed by atoms with Gasteiger partial charge < -0.3 is 10.2 Å². The van der Waals surface area contributed by atoms with E-state index in [9.17, 15) is 0 Å². The van der Waals surface area contributed by atoms with Gasteiger partial charge in [0.05, 0.1) is 6.04 Å². The van der Waals surface area contributed by atoms with E-state index in [-0.39, 0.29) is 0 Å². The molecule has 1 N–H and O–H groups in total. The highest BCUT2D eigenvalue weighted by atomic mass is 32.1. The third kappa shape index (κ3) is 3.64. The molecule has 1 unspecified atom stereocenters. The Kier molecular flexibility index (Phi) is 4.74.